The number of rotatable bonds is 9. The van der Waals surface area contributed by atoms with Crippen molar-refractivity contribution in [2.45, 2.75) is 51.1 Å². The number of carbonyl (C=O) groups excluding carboxylic acids is 2. The van der Waals surface area contributed by atoms with Crippen LogP contribution >= 0.6 is 35.3 Å². The van der Waals surface area contributed by atoms with Gasteiger partial charge in [0.25, 0.3) is 5.91 Å². The van der Waals surface area contributed by atoms with Crippen LogP contribution in [0, 0.1) is 5.92 Å². The molecule has 0 spiro atoms. The molecule has 0 aromatic carbocycles. The van der Waals surface area contributed by atoms with E-state index < -0.39 is 9.84 Å². The summed E-state index contributed by atoms with van der Waals surface area (Å²) in [5.74, 6) is 2.47. The number of thiocarbonyl (C=S) groups is 1. The quantitative estimate of drug-likeness (QED) is 0.323. The highest BCUT2D eigenvalue weighted by atomic mass is 32.2. The van der Waals surface area contributed by atoms with Crippen LogP contribution in [0.3, 0.4) is 0 Å². The normalized spacial score (nSPS) is 26.2. The molecule has 2 aliphatic heterocycles. The first-order chi connectivity index (χ1) is 17.2. The second-order valence-electron chi connectivity index (χ2n) is 9.65. The fourth-order valence-corrected chi connectivity index (χ4v) is 8.50. The Labute approximate surface area is 224 Å². The van der Waals surface area contributed by atoms with Crippen molar-refractivity contribution in [2.75, 3.05) is 18.1 Å². The average molecular weight is 565 g/mol. The number of amides is 2. The van der Waals surface area contributed by atoms with Crippen LogP contribution in [0.1, 0.15) is 54.9 Å². The largest absolute Gasteiger partial charge is 0.464 e. The minimum atomic E-state index is -3.15. The molecular formula is C25H28N2O5S4. The first-order valence-corrected chi connectivity index (χ1v) is 16.0. The molecule has 0 bridgehead atoms. The number of nitrogens with zero attached hydrogens (tertiary/aromatic N) is 2. The lowest BCUT2D eigenvalue weighted by molar-refractivity contribution is -0.134. The van der Waals surface area contributed by atoms with Crippen LogP contribution in [-0.4, -0.2) is 58.4 Å². The monoisotopic (exact) mass is 564 g/mol. The van der Waals surface area contributed by atoms with Gasteiger partial charge in [0, 0.05) is 29.8 Å². The number of hydrogen-bond donors (Lipinski definition) is 0. The van der Waals surface area contributed by atoms with Gasteiger partial charge in [-0.15, -0.1) is 11.3 Å². The molecule has 3 unspecified atom stereocenters. The summed E-state index contributed by atoms with van der Waals surface area (Å²) in [5, 5.41) is 1.95. The number of thiophene rings is 1. The van der Waals surface area contributed by atoms with E-state index in [1.807, 2.05) is 35.7 Å². The van der Waals surface area contributed by atoms with E-state index >= 15 is 0 Å². The summed E-state index contributed by atoms with van der Waals surface area (Å²) in [6.07, 6.45) is 4.03. The third kappa shape index (κ3) is 5.79. The second kappa shape index (κ2) is 10.4. The van der Waals surface area contributed by atoms with Gasteiger partial charge >= 0.3 is 0 Å². The summed E-state index contributed by atoms with van der Waals surface area (Å²) in [6, 6.07) is 7.38. The smallest absolute Gasteiger partial charge is 0.266 e. The second-order valence-corrected chi connectivity index (χ2v) is 14.5. The van der Waals surface area contributed by atoms with E-state index in [2.05, 4.69) is 6.92 Å². The first kappa shape index (κ1) is 25.7. The summed E-state index contributed by atoms with van der Waals surface area (Å²) in [4.78, 5) is 30.9. The average Bonchev–Trinajstić information content (AvgIpc) is 3.29. The van der Waals surface area contributed by atoms with Crippen molar-refractivity contribution in [3.8, 4) is 0 Å². The molecule has 3 fully saturated rings. The number of furan rings is 1. The van der Waals surface area contributed by atoms with E-state index in [-0.39, 0.29) is 42.3 Å². The van der Waals surface area contributed by atoms with Gasteiger partial charge in [-0.25, -0.2) is 8.42 Å². The molecule has 192 valence electrons. The Morgan fingerprint density at radius 2 is 2.14 bits per heavy atom. The van der Waals surface area contributed by atoms with E-state index in [4.69, 9.17) is 16.6 Å². The summed E-state index contributed by atoms with van der Waals surface area (Å²) in [6.45, 7) is 2.78. The van der Waals surface area contributed by atoms with Crippen molar-refractivity contribution < 1.29 is 22.4 Å². The van der Waals surface area contributed by atoms with Gasteiger partial charge in [0.15, 0.2) is 9.84 Å². The minimum Gasteiger partial charge on any atom is -0.464 e. The van der Waals surface area contributed by atoms with Crippen molar-refractivity contribution in [1.82, 2.24) is 9.80 Å². The van der Waals surface area contributed by atoms with Crippen molar-refractivity contribution >= 4 is 67.4 Å². The molecule has 1 saturated carbocycles. The number of carbonyl (C=O) groups is 2. The molecule has 0 N–H and O–H groups in total. The zero-order chi connectivity index (χ0) is 25.4. The maximum absolute atomic E-state index is 13.3. The summed E-state index contributed by atoms with van der Waals surface area (Å²) < 4.78 is 30.8. The summed E-state index contributed by atoms with van der Waals surface area (Å²) in [5.41, 5.74) is 0. The van der Waals surface area contributed by atoms with Crippen LogP contribution in [0.2, 0.25) is 0 Å². The fraction of sp³-hybridized carbons (Fsp3) is 0.480. The van der Waals surface area contributed by atoms with E-state index in [9.17, 15) is 18.0 Å². The molecule has 2 saturated heterocycles. The van der Waals surface area contributed by atoms with Crippen molar-refractivity contribution in [3.05, 3.63) is 50.9 Å². The predicted octanol–water partition coefficient (Wildman–Crippen LogP) is 4.66. The number of thioether (sulfide) groups is 1. The molecule has 4 heterocycles. The van der Waals surface area contributed by atoms with E-state index in [1.54, 1.807) is 21.1 Å². The molecule has 7 nitrogen and oxygen atoms in total. The topological polar surface area (TPSA) is 87.9 Å². The molecule has 3 aliphatic rings. The Hall–Kier alpha value is -1.95. The maximum atomic E-state index is 13.3. The first-order valence-electron chi connectivity index (χ1n) is 12.1. The van der Waals surface area contributed by atoms with Gasteiger partial charge in [-0.05, 0) is 54.8 Å². The molecule has 1 aliphatic carbocycles. The van der Waals surface area contributed by atoms with Gasteiger partial charge < -0.3 is 9.32 Å². The SMILES string of the molecule is CC1CC1c1ccc(CN(C(=O)CCCN2C(=O)/C(=C/c3cccs3)SC2=S)C2CCS(=O)(=O)C2)o1. The zero-order valence-electron chi connectivity index (χ0n) is 19.9. The third-order valence-corrected chi connectivity index (χ3v) is 10.9. The minimum absolute atomic E-state index is 0.0197. The van der Waals surface area contributed by atoms with Crippen LogP contribution in [0.25, 0.3) is 6.08 Å². The molecule has 36 heavy (non-hydrogen) atoms. The standard InChI is InChI=1S/C25H28N2O5S4/c1-16-12-20(16)21-7-6-18(32-21)14-27(17-8-11-36(30,31)15-17)23(28)5-2-9-26-24(29)22(35-25(26)33)13-19-4-3-10-34-19/h3-4,6-7,10,13,16-17,20H,2,5,8-9,11-12,14-15H2,1H3/b22-13-. The van der Waals surface area contributed by atoms with Crippen molar-refractivity contribution in [2.24, 2.45) is 5.92 Å². The van der Waals surface area contributed by atoms with Gasteiger partial charge in [-0.1, -0.05) is 37.0 Å². The fourth-order valence-electron chi connectivity index (χ4n) is 4.73. The van der Waals surface area contributed by atoms with Gasteiger partial charge in [0.1, 0.15) is 15.8 Å². The Morgan fingerprint density at radius 1 is 1.33 bits per heavy atom. The van der Waals surface area contributed by atoms with Crippen LogP contribution in [0.5, 0.6) is 0 Å². The van der Waals surface area contributed by atoms with Crippen molar-refractivity contribution in [1.29, 1.82) is 0 Å². The molecule has 2 aromatic rings. The predicted molar refractivity (Wildman–Crippen MR) is 146 cm³/mol. The molecule has 5 rings (SSSR count). The van der Waals surface area contributed by atoms with Crippen LogP contribution in [-0.2, 0) is 26.0 Å². The molecule has 2 amide bonds. The number of sulfone groups is 1. The lowest BCUT2D eigenvalue weighted by atomic mass is 10.1. The lowest BCUT2D eigenvalue weighted by Gasteiger charge is -2.28. The van der Waals surface area contributed by atoms with Gasteiger partial charge in [0.05, 0.1) is 23.0 Å². The maximum Gasteiger partial charge on any atom is 0.266 e. The molecule has 3 atom stereocenters. The Morgan fingerprint density at radius 3 is 2.81 bits per heavy atom. The van der Waals surface area contributed by atoms with Crippen LogP contribution < -0.4 is 0 Å². The third-order valence-electron chi connectivity index (χ3n) is 6.92. The van der Waals surface area contributed by atoms with Gasteiger partial charge in [-0.2, -0.15) is 0 Å². The molecular weight excluding hydrogens is 537 g/mol. The highest BCUT2D eigenvalue weighted by molar-refractivity contribution is 8.26. The molecule has 2 aromatic heterocycles. The molecule has 0 radical (unpaired) electrons. The Bertz CT molecular complexity index is 1300. The highest BCUT2D eigenvalue weighted by Crippen LogP contribution is 2.47. The zero-order valence-corrected chi connectivity index (χ0v) is 23.2. The molecule has 11 heteroatoms. The van der Waals surface area contributed by atoms with Gasteiger partial charge in [0.2, 0.25) is 5.91 Å². The Balaban J connectivity index is 1.21. The van der Waals surface area contributed by atoms with E-state index in [0.29, 0.717) is 46.2 Å². The Kier molecular flexibility index (Phi) is 7.44. The summed E-state index contributed by atoms with van der Waals surface area (Å²) in [7, 11) is -3.15. The van der Waals surface area contributed by atoms with E-state index in [0.717, 1.165) is 17.1 Å². The van der Waals surface area contributed by atoms with Crippen molar-refractivity contribution in [3.63, 3.8) is 0 Å². The number of hydrogen-bond acceptors (Lipinski definition) is 8. The lowest BCUT2D eigenvalue weighted by Crippen LogP contribution is -2.41. The highest BCUT2D eigenvalue weighted by Gasteiger charge is 2.38. The van der Waals surface area contributed by atoms with Crippen LogP contribution in [0.15, 0.2) is 39.0 Å². The summed E-state index contributed by atoms with van der Waals surface area (Å²) >= 11 is 8.24. The van der Waals surface area contributed by atoms with Gasteiger partial charge in [-0.3, -0.25) is 14.5 Å². The van der Waals surface area contributed by atoms with Crippen LogP contribution in [0.4, 0.5) is 0 Å². The van der Waals surface area contributed by atoms with E-state index in [1.165, 1.54) is 11.8 Å².